The standard InChI is InChI=1S/C18H17BrN2O2S/c1-2-23-17(22)15(11-12-7-9-13(19)10-8-12)21-18-20-14-5-3-4-6-16(14)24-18/h3-10,15H,2,11H2,1H3,(H,20,21)/t15-/m0/s1. The number of carbonyl (C=O) groups is 1. The molecule has 0 radical (unpaired) electrons. The van der Waals surface area contributed by atoms with Gasteiger partial charge in [-0.1, -0.05) is 51.5 Å². The van der Waals surface area contributed by atoms with Crippen LogP contribution in [0.5, 0.6) is 0 Å². The fraction of sp³-hybridized carbons (Fsp3) is 0.222. The van der Waals surface area contributed by atoms with Crippen molar-refractivity contribution in [1.29, 1.82) is 0 Å². The maximum atomic E-state index is 12.3. The topological polar surface area (TPSA) is 51.2 Å². The number of aromatic nitrogens is 1. The van der Waals surface area contributed by atoms with E-state index in [2.05, 4.69) is 26.2 Å². The average Bonchev–Trinajstić information content (AvgIpc) is 2.99. The Kier molecular flexibility index (Phi) is 5.48. The van der Waals surface area contributed by atoms with Crippen LogP contribution in [0.15, 0.2) is 53.0 Å². The lowest BCUT2D eigenvalue weighted by Crippen LogP contribution is -2.33. The number of halogens is 1. The SMILES string of the molecule is CCOC(=O)[C@H](Cc1ccc(Br)cc1)Nc1nc2ccccc2s1. The highest BCUT2D eigenvalue weighted by Gasteiger charge is 2.21. The van der Waals surface area contributed by atoms with E-state index in [1.807, 2.05) is 55.5 Å². The molecule has 0 bridgehead atoms. The number of carbonyl (C=O) groups excluding carboxylic acids is 1. The number of hydrogen-bond acceptors (Lipinski definition) is 5. The largest absolute Gasteiger partial charge is 0.464 e. The third-order valence-electron chi connectivity index (χ3n) is 3.52. The molecule has 0 aliphatic heterocycles. The average molecular weight is 405 g/mol. The molecule has 0 saturated heterocycles. The lowest BCUT2D eigenvalue weighted by molar-refractivity contribution is -0.144. The summed E-state index contributed by atoms with van der Waals surface area (Å²) in [5.41, 5.74) is 1.99. The van der Waals surface area contributed by atoms with Crippen molar-refractivity contribution in [2.24, 2.45) is 0 Å². The summed E-state index contributed by atoms with van der Waals surface area (Å²) in [4.78, 5) is 16.9. The van der Waals surface area contributed by atoms with Crippen molar-refractivity contribution in [2.45, 2.75) is 19.4 Å². The second kappa shape index (κ2) is 7.77. The Labute approximate surface area is 153 Å². The predicted molar refractivity (Wildman–Crippen MR) is 102 cm³/mol. The first-order valence-electron chi connectivity index (χ1n) is 7.69. The van der Waals surface area contributed by atoms with Gasteiger partial charge in [0, 0.05) is 10.9 Å². The summed E-state index contributed by atoms with van der Waals surface area (Å²) in [5.74, 6) is -0.264. The molecule has 0 saturated carbocycles. The number of para-hydroxylation sites is 1. The fourth-order valence-electron chi connectivity index (χ4n) is 2.38. The van der Waals surface area contributed by atoms with Gasteiger partial charge in [0.25, 0.3) is 0 Å². The van der Waals surface area contributed by atoms with Gasteiger partial charge in [-0.3, -0.25) is 0 Å². The Morgan fingerprint density at radius 1 is 1.25 bits per heavy atom. The third kappa shape index (κ3) is 4.13. The van der Waals surface area contributed by atoms with Gasteiger partial charge < -0.3 is 10.1 Å². The van der Waals surface area contributed by atoms with E-state index in [0.29, 0.717) is 13.0 Å². The third-order valence-corrected chi connectivity index (χ3v) is 5.01. The summed E-state index contributed by atoms with van der Waals surface area (Å²) in [6.07, 6.45) is 0.544. The van der Waals surface area contributed by atoms with E-state index in [9.17, 15) is 4.79 Å². The quantitative estimate of drug-likeness (QED) is 0.607. The van der Waals surface area contributed by atoms with Gasteiger partial charge in [0.15, 0.2) is 5.13 Å². The van der Waals surface area contributed by atoms with E-state index in [0.717, 1.165) is 25.4 Å². The van der Waals surface area contributed by atoms with Crippen LogP contribution in [0.1, 0.15) is 12.5 Å². The first-order chi connectivity index (χ1) is 11.7. The second-order valence-electron chi connectivity index (χ2n) is 5.27. The highest BCUT2D eigenvalue weighted by Crippen LogP contribution is 2.26. The van der Waals surface area contributed by atoms with E-state index in [1.54, 1.807) is 0 Å². The minimum Gasteiger partial charge on any atom is -0.464 e. The van der Waals surface area contributed by atoms with Crippen molar-refractivity contribution in [3.63, 3.8) is 0 Å². The summed E-state index contributed by atoms with van der Waals surface area (Å²) in [5, 5.41) is 3.97. The molecule has 0 unspecified atom stereocenters. The fourth-order valence-corrected chi connectivity index (χ4v) is 3.56. The van der Waals surface area contributed by atoms with Crippen LogP contribution in [0, 0.1) is 0 Å². The molecule has 24 heavy (non-hydrogen) atoms. The molecule has 1 N–H and O–H groups in total. The number of fused-ring (bicyclic) bond motifs is 1. The predicted octanol–water partition coefficient (Wildman–Crippen LogP) is 4.65. The Bertz CT molecular complexity index is 799. The number of benzene rings is 2. The van der Waals surface area contributed by atoms with Crippen molar-refractivity contribution in [1.82, 2.24) is 4.98 Å². The van der Waals surface area contributed by atoms with Gasteiger partial charge in [-0.15, -0.1) is 0 Å². The van der Waals surface area contributed by atoms with E-state index in [4.69, 9.17) is 4.74 Å². The highest BCUT2D eigenvalue weighted by atomic mass is 79.9. The molecule has 0 spiro atoms. The number of nitrogens with one attached hydrogen (secondary N) is 1. The van der Waals surface area contributed by atoms with Gasteiger partial charge in [-0.2, -0.15) is 0 Å². The number of hydrogen-bond donors (Lipinski definition) is 1. The molecular weight excluding hydrogens is 388 g/mol. The molecule has 0 amide bonds. The Balaban J connectivity index is 1.81. The summed E-state index contributed by atoms with van der Waals surface area (Å²) in [6.45, 7) is 2.17. The van der Waals surface area contributed by atoms with Gasteiger partial charge in [-0.05, 0) is 36.8 Å². The molecular formula is C18H17BrN2O2S. The first kappa shape index (κ1) is 16.9. The summed E-state index contributed by atoms with van der Waals surface area (Å²) in [7, 11) is 0. The first-order valence-corrected chi connectivity index (χ1v) is 9.30. The molecule has 0 fully saturated rings. The van der Waals surface area contributed by atoms with Crippen LogP contribution >= 0.6 is 27.3 Å². The maximum absolute atomic E-state index is 12.3. The van der Waals surface area contributed by atoms with E-state index in [-0.39, 0.29) is 5.97 Å². The second-order valence-corrected chi connectivity index (χ2v) is 7.21. The molecule has 1 atom stereocenters. The van der Waals surface area contributed by atoms with Crippen LogP contribution in [0.4, 0.5) is 5.13 Å². The van der Waals surface area contributed by atoms with Crippen molar-refractivity contribution in [2.75, 3.05) is 11.9 Å². The van der Waals surface area contributed by atoms with Crippen molar-refractivity contribution in [3.05, 3.63) is 58.6 Å². The van der Waals surface area contributed by atoms with Crippen LogP contribution in [-0.4, -0.2) is 23.6 Å². The smallest absolute Gasteiger partial charge is 0.328 e. The van der Waals surface area contributed by atoms with Crippen molar-refractivity contribution < 1.29 is 9.53 Å². The minimum atomic E-state index is -0.466. The van der Waals surface area contributed by atoms with Gasteiger partial charge in [-0.25, -0.2) is 9.78 Å². The van der Waals surface area contributed by atoms with Gasteiger partial charge >= 0.3 is 5.97 Å². The Morgan fingerprint density at radius 2 is 2.00 bits per heavy atom. The zero-order valence-corrected chi connectivity index (χ0v) is 15.6. The number of ether oxygens (including phenoxy) is 1. The molecule has 0 aliphatic rings. The van der Waals surface area contributed by atoms with Crippen LogP contribution in [0.3, 0.4) is 0 Å². The van der Waals surface area contributed by atoms with Gasteiger partial charge in [0.05, 0.1) is 16.8 Å². The normalized spacial score (nSPS) is 12.1. The molecule has 1 aromatic heterocycles. The molecule has 6 heteroatoms. The van der Waals surface area contributed by atoms with Gasteiger partial charge in [0.1, 0.15) is 6.04 Å². The monoisotopic (exact) mass is 404 g/mol. The zero-order chi connectivity index (χ0) is 16.9. The Morgan fingerprint density at radius 3 is 2.71 bits per heavy atom. The summed E-state index contributed by atoms with van der Waals surface area (Å²) in [6, 6.07) is 15.4. The minimum absolute atomic E-state index is 0.264. The van der Waals surface area contributed by atoms with E-state index in [1.165, 1.54) is 11.3 Å². The number of nitrogens with zero attached hydrogens (tertiary/aromatic N) is 1. The van der Waals surface area contributed by atoms with E-state index >= 15 is 0 Å². The number of anilines is 1. The van der Waals surface area contributed by atoms with Crippen LogP contribution in [0.25, 0.3) is 10.2 Å². The summed E-state index contributed by atoms with van der Waals surface area (Å²) >= 11 is 4.96. The molecule has 2 aromatic carbocycles. The molecule has 124 valence electrons. The van der Waals surface area contributed by atoms with E-state index < -0.39 is 6.04 Å². The number of thiazole rings is 1. The maximum Gasteiger partial charge on any atom is 0.328 e. The number of rotatable bonds is 6. The lowest BCUT2D eigenvalue weighted by atomic mass is 10.1. The molecule has 0 aliphatic carbocycles. The zero-order valence-electron chi connectivity index (χ0n) is 13.2. The van der Waals surface area contributed by atoms with Crippen molar-refractivity contribution >= 4 is 48.6 Å². The van der Waals surface area contributed by atoms with Gasteiger partial charge in [0.2, 0.25) is 0 Å². The molecule has 4 nitrogen and oxygen atoms in total. The van der Waals surface area contributed by atoms with Crippen LogP contribution in [-0.2, 0) is 16.0 Å². The Hall–Kier alpha value is -1.92. The van der Waals surface area contributed by atoms with Crippen LogP contribution in [0.2, 0.25) is 0 Å². The molecule has 3 aromatic rings. The molecule has 3 rings (SSSR count). The highest BCUT2D eigenvalue weighted by molar-refractivity contribution is 9.10. The number of esters is 1. The van der Waals surface area contributed by atoms with Crippen molar-refractivity contribution in [3.8, 4) is 0 Å². The molecule has 1 heterocycles. The summed E-state index contributed by atoms with van der Waals surface area (Å²) < 4.78 is 7.31. The lowest BCUT2D eigenvalue weighted by Gasteiger charge is -2.16. The van der Waals surface area contributed by atoms with Crippen LogP contribution < -0.4 is 5.32 Å².